The van der Waals surface area contributed by atoms with E-state index in [-0.39, 0.29) is 37.6 Å². The van der Waals surface area contributed by atoms with Crippen LogP contribution < -0.4 is 0 Å². The molecule has 0 spiro atoms. The Labute approximate surface area is 484 Å². The monoisotopic (exact) mass is 1210 g/mol. The number of pyridine rings is 1. The summed E-state index contributed by atoms with van der Waals surface area (Å²) in [4.78, 5) is 10.7. The maximum absolute atomic E-state index is 12.8. The minimum absolute atomic E-state index is 0. The van der Waals surface area contributed by atoms with Crippen molar-refractivity contribution < 1.29 is 28.9 Å². The summed E-state index contributed by atoms with van der Waals surface area (Å²) in [5.41, 5.74) is 18.7. The average molecular weight is 1210 g/mol. The smallest absolute Gasteiger partial charge is 0.148 e. The van der Waals surface area contributed by atoms with Crippen LogP contribution >= 0.6 is 0 Å². The van der Waals surface area contributed by atoms with Crippen LogP contribution in [0.25, 0.3) is 95.0 Å². The molecule has 11 aromatic rings. The van der Waals surface area contributed by atoms with E-state index < -0.39 is 11.8 Å². The molecule has 12 rings (SSSR count). The van der Waals surface area contributed by atoms with E-state index in [9.17, 15) is 7.85 Å². The number of benzene rings is 9. The molecule has 0 bridgehead atoms. The molecule has 0 atom stereocenters. The fourth-order valence-corrected chi connectivity index (χ4v) is 11.4. The van der Waals surface area contributed by atoms with Crippen molar-refractivity contribution in [3.8, 4) is 89.7 Å². The van der Waals surface area contributed by atoms with Gasteiger partial charge in [-0.15, -0.1) is 29.3 Å². The summed E-state index contributed by atoms with van der Waals surface area (Å²) in [6.45, 7) is 13.5. The molecule has 5 heteroatoms. The van der Waals surface area contributed by atoms with E-state index in [1.165, 1.54) is 5.56 Å². The van der Waals surface area contributed by atoms with Gasteiger partial charge in [-0.25, -0.2) is 4.98 Å². The second-order valence-corrected chi connectivity index (χ2v) is 22.9. The molecule has 0 aliphatic heterocycles. The molecule has 0 unspecified atom stereocenters. The molecule has 1 N–H and O–H groups in total. The Bertz CT molecular complexity index is 4060. The molecule has 9 aromatic carbocycles. The van der Waals surface area contributed by atoms with Gasteiger partial charge in [0.15, 0.2) is 0 Å². The summed E-state index contributed by atoms with van der Waals surface area (Å²) in [7, 11) is 0. The summed E-state index contributed by atoms with van der Waals surface area (Å²) in [5.74, 6) is -0.623. The molecule has 1 saturated carbocycles. The van der Waals surface area contributed by atoms with E-state index >= 15 is 0 Å². The number of para-hydroxylation sites is 2. The number of aromatic hydroxyl groups is 1. The second-order valence-electron chi connectivity index (χ2n) is 22.9. The van der Waals surface area contributed by atoms with Gasteiger partial charge in [-0.1, -0.05) is 229 Å². The van der Waals surface area contributed by atoms with E-state index in [0.29, 0.717) is 37.1 Å². The van der Waals surface area contributed by atoms with Crippen LogP contribution in [0.2, 0.25) is 0 Å². The van der Waals surface area contributed by atoms with E-state index in [0.717, 1.165) is 100 Å². The SMILES string of the molecule is [2H]C1(c2ccccc2)CCC([2H])(c2ccc(-c3ccnc(-c4[c-]c(-c5cccc6c5nc(-c5cccc(-c7ccccc7-c7ccccc7)c5O)n6-c5ccc(C(C)(C)C)cc5-c5ccccc5)cc(C(C)(C)C)c4)c3)cc2)CC1.[Pt]. The number of hydrogen-bond acceptors (Lipinski definition) is 3. The molecular weight excluding hydrogens is 1140 g/mol. The van der Waals surface area contributed by atoms with E-state index in [1.807, 2.05) is 72.9 Å². The Balaban J connectivity index is 0.00000690. The maximum Gasteiger partial charge on any atom is 0.148 e. The third kappa shape index (κ3) is 10.7. The van der Waals surface area contributed by atoms with Crippen molar-refractivity contribution >= 4 is 11.0 Å². The topological polar surface area (TPSA) is 50.9 Å². The molecule has 79 heavy (non-hydrogen) atoms. The van der Waals surface area contributed by atoms with Crippen molar-refractivity contribution in [3.63, 3.8) is 0 Å². The van der Waals surface area contributed by atoms with Crippen LogP contribution in [0.1, 0.15) is 104 Å². The second kappa shape index (κ2) is 22.1. The van der Waals surface area contributed by atoms with Gasteiger partial charge in [-0.3, -0.25) is 9.55 Å². The maximum atomic E-state index is 12.8. The first kappa shape index (κ1) is 50.6. The van der Waals surface area contributed by atoms with Crippen LogP contribution in [0.4, 0.5) is 0 Å². The van der Waals surface area contributed by atoms with E-state index in [4.69, 9.17) is 9.97 Å². The van der Waals surface area contributed by atoms with Gasteiger partial charge in [0.2, 0.25) is 0 Å². The number of aromatic nitrogens is 3. The van der Waals surface area contributed by atoms with Crippen molar-refractivity contribution in [1.82, 2.24) is 14.5 Å². The summed E-state index contributed by atoms with van der Waals surface area (Å²) in [6, 6.07) is 79.5. The fraction of sp³-hybridized carbons (Fsp3) is 0.189. The normalized spacial score (nSPS) is 16.9. The van der Waals surface area contributed by atoms with Gasteiger partial charge in [0.05, 0.1) is 22.3 Å². The molecule has 1 fully saturated rings. The predicted octanol–water partition coefficient (Wildman–Crippen LogP) is 19.6. The first-order valence-corrected chi connectivity index (χ1v) is 27.4. The summed E-state index contributed by atoms with van der Waals surface area (Å²) in [6.07, 6.45) is 4.47. The standard InChI is InChI=1S/C74H66N3O.Pt/c1-73(2,3)59-40-41-68(66(48-59)55-24-14-9-15-25-55)77-69-31-19-28-62(70(69)76-72(77)65-30-18-29-64(71(65)78)63-27-17-16-26-61(63)54-22-12-8-13-23-54)57-44-58(46-60(45-57)74(4,5)6)67-47-56(42-43-75-67)53-38-36-52(37-39-53)51-34-32-50(33-35-51)49-20-10-7-11-21-49;/h7-31,36-43,45-48,50-51,78H,32-35H2,1-6H3;/q-1;/i50D,51D;. The van der Waals surface area contributed by atoms with Gasteiger partial charge in [-0.2, -0.15) is 0 Å². The summed E-state index contributed by atoms with van der Waals surface area (Å²) < 4.78 is 21.1. The molecule has 0 radical (unpaired) electrons. The molecule has 394 valence electrons. The molecule has 1 aliphatic rings. The summed E-state index contributed by atoms with van der Waals surface area (Å²) >= 11 is 0. The zero-order valence-corrected chi connectivity index (χ0v) is 48.1. The minimum Gasteiger partial charge on any atom is -0.507 e. The quantitative estimate of drug-likeness (QED) is 0.139. The summed E-state index contributed by atoms with van der Waals surface area (Å²) in [5, 5.41) is 12.8. The van der Waals surface area contributed by atoms with Gasteiger partial charge < -0.3 is 5.11 Å². The molecule has 2 heterocycles. The number of hydrogen-bond donors (Lipinski definition) is 1. The number of nitrogens with zero attached hydrogens (tertiary/aromatic N) is 3. The number of phenolic OH excluding ortho intramolecular Hbond substituents is 1. The zero-order chi connectivity index (χ0) is 55.4. The van der Waals surface area contributed by atoms with Gasteiger partial charge in [0, 0.05) is 46.8 Å². The van der Waals surface area contributed by atoms with Gasteiger partial charge in [-0.05, 0) is 129 Å². The van der Waals surface area contributed by atoms with Crippen LogP contribution in [-0.2, 0) is 31.9 Å². The Morgan fingerprint density at radius 2 is 1.01 bits per heavy atom. The third-order valence-corrected chi connectivity index (χ3v) is 15.8. The van der Waals surface area contributed by atoms with Crippen molar-refractivity contribution in [1.29, 1.82) is 0 Å². The fourth-order valence-electron chi connectivity index (χ4n) is 11.4. The largest absolute Gasteiger partial charge is 0.507 e. The number of phenols is 1. The zero-order valence-electron chi connectivity index (χ0n) is 47.8. The van der Waals surface area contributed by atoms with Crippen LogP contribution in [-0.4, -0.2) is 19.6 Å². The molecule has 0 saturated heterocycles. The molecule has 1 aliphatic carbocycles. The Morgan fingerprint density at radius 1 is 0.468 bits per heavy atom. The molecular formula is C74H66N3OPt-. The Morgan fingerprint density at radius 3 is 1.67 bits per heavy atom. The van der Waals surface area contributed by atoms with E-state index in [2.05, 4.69) is 204 Å². The van der Waals surface area contributed by atoms with Crippen LogP contribution in [0, 0.1) is 6.07 Å². The molecule has 2 aromatic heterocycles. The van der Waals surface area contributed by atoms with Crippen LogP contribution in [0.15, 0.2) is 225 Å². The van der Waals surface area contributed by atoms with Crippen LogP contribution in [0.3, 0.4) is 0 Å². The van der Waals surface area contributed by atoms with Gasteiger partial charge in [0.1, 0.15) is 11.6 Å². The molecule has 4 nitrogen and oxygen atoms in total. The van der Waals surface area contributed by atoms with Crippen molar-refractivity contribution in [2.45, 2.75) is 89.8 Å². The minimum atomic E-state index is -0.736. The van der Waals surface area contributed by atoms with Gasteiger partial charge in [0.25, 0.3) is 0 Å². The average Bonchev–Trinajstić information content (AvgIpc) is 3.99. The Kier molecular flexibility index (Phi) is 14.1. The molecule has 0 amide bonds. The van der Waals surface area contributed by atoms with Crippen molar-refractivity contribution in [2.75, 3.05) is 0 Å². The van der Waals surface area contributed by atoms with E-state index in [1.54, 1.807) is 0 Å². The number of rotatable bonds is 10. The predicted molar refractivity (Wildman–Crippen MR) is 325 cm³/mol. The number of fused-ring (bicyclic) bond motifs is 1. The van der Waals surface area contributed by atoms with Crippen LogP contribution in [0.5, 0.6) is 5.75 Å². The first-order valence-electron chi connectivity index (χ1n) is 28.4. The third-order valence-electron chi connectivity index (χ3n) is 15.8. The van der Waals surface area contributed by atoms with Crippen molar-refractivity contribution in [3.05, 3.63) is 253 Å². The first-order chi connectivity index (χ1) is 38.5. The van der Waals surface area contributed by atoms with Gasteiger partial charge >= 0.3 is 0 Å². The number of imidazole rings is 1. The van der Waals surface area contributed by atoms with Crippen molar-refractivity contribution in [2.24, 2.45) is 0 Å². The Hall–Kier alpha value is -7.91.